The SMILES string of the molecule is CC(=O)NC1=Cc2ccccc2C1C#N. The molecule has 1 atom stereocenters. The third-order valence-electron chi connectivity index (χ3n) is 2.38. The van der Waals surface area contributed by atoms with Crippen LogP contribution in [0.4, 0.5) is 0 Å². The average molecular weight is 198 g/mol. The molecule has 0 aromatic heterocycles. The number of benzene rings is 1. The van der Waals surface area contributed by atoms with Crippen LogP contribution in [0.5, 0.6) is 0 Å². The van der Waals surface area contributed by atoms with Crippen LogP contribution >= 0.6 is 0 Å². The van der Waals surface area contributed by atoms with Crippen LogP contribution in [-0.4, -0.2) is 5.91 Å². The second-order valence-electron chi connectivity index (χ2n) is 3.47. The summed E-state index contributed by atoms with van der Waals surface area (Å²) >= 11 is 0. The van der Waals surface area contributed by atoms with Gasteiger partial charge in [0.2, 0.25) is 5.91 Å². The molecular weight excluding hydrogens is 188 g/mol. The first-order chi connectivity index (χ1) is 7.22. The van der Waals surface area contributed by atoms with Gasteiger partial charge in [0.1, 0.15) is 5.92 Å². The molecule has 2 rings (SSSR count). The molecule has 1 unspecified atom stereocenters. The molecule has 3 heteroatoms. The number of hydrogen-bond donors (Lipinski definition) is 1. The van der Waals surface area contributed by atoms with Crippen LogP contribution in [0.2, 0.25) is 0 Å². The van der Waals surface area contributed by atoms with Crippen LogP contribution in [0.3, 0.4) is 0 Å². The third-order valence-corrected chi connectivity index (χ3v) is 2.38. The van der Waals surface area contributed by atoms with Gasteiger partial charge in [-0.15, -0.1) is 0 Å². The summed E-state index contributed by atoms with van der Waals surface area (Å²) in [7, 11) is 0. The van der Waals surface area contributed by atoms with Crippen molar-refractivity contribution >= 4 is 12.0 Å². The minimum Gasteiger partial charge on any atom is -0.328 e. The fraction of sp³-hybridized carbons (Fsp3) is 0.167. The number of hydrogen-bond acceptors (Lipinski definition) is 2. The summed E-state index contributed by atoms with van der Waals surface area (Å²) in [4.78, 5) is 11.0. The van der Waals surface area contributed by atoms with Gasteiger partial charge in [-0.1, -0.05) is 24.3 Å². The molecule has 1 aromatic carbocycles. The number of carbonyl (C=O) groups is 1. The van der Waals surface area contributed by atoms with E-state index in [4.69, 9.17) is 5.26 Å². The summed E-state index contributed by atoms with van der Waals surface area (Å²) in [6.45, 7) is 1.44. The average Bonchev–Trinajstić information content (AvgIpc) is 2.53. The monoisotopic (exact) mass is 198 g/mol. The van der Waals surface area contributed by atoms with Gasteiger partial charge in [-0.25, -0.2) is 0 Å². The smallest absolute Gasteiger partial charge is 0.221 e. The minimum atomic E-state index is -0.343. The van der Waals surface area contributed by atoms with Gasteiger partial charge in [0.15, 0.2) is 0 Å². The number of fused-ring (bicyclic) bond motifs is 1. The quantitative estimate of drug-likeness (QED) is 0.747. The summed E-state index contributed by atoms with van der Waals surface area (Å²) in [6, 6.07) is 9.86. The molecule has 0 spiro atoms. The summed E-state index contributed by atoms with van der Waals surface area (Å²) in [5.41, 5.74) is 2.64. The maximum atomic E-state index is 11.0. The van der Waals surface area contributed by atoms with E-state index in [9.17, 15) is 4.79 Å². The lowest BCUT2D eigenvalue weighted by molar-refractivity contribution is -0.118. The Morgan fingerprint density at radius 1 is 1.47 bits per heavy atom. The first-order valence-electron chi connectivity index (χ1n) is 4.70. The molecule has 0 radical (unpaired) electrons. The van der Waals surface area contributed by atoms with Crippen molar-refractivity contribution in [2.75, 3.05) is 0 Å². The third kappa shape index (κ3) is 1.62. The highest BCUT2D eigenvalue weighted by Gasteiger charge is 2.24. The molecule has 3 nitrogen and oxygen atoms in total. The topological polar surface area (TPSA) is 52.9 Å². The number of nitriles is 1. The molecule has 1 N–H and O–H groups in total. The van der Waals surface area contributed by atoms with Gasteiger partial charge in [-0.2, -0.15) is 5.26 Å². The van der Waals surface area contributed by atoms with Crippen LogP contribution in [0, 0.1) is 11.3 Å². The highest BCUT2D eigenvalue weighted by Crippen LogP contribution is 2.33. The zero-order chi connectivity index (χ0) is 10.8. The molecule has 0 fully saturated rings. The van der Waals surface area contributed by atoms with E-state index >= 15 is 0 Å². The fourth-order valence-electron chi connectivity index (χ4n) is 1.77. The lowest BCUT2D eigenvalue weighted by Crippen LogP contribution is -2.21. The Hall–Kier alpha value is -2.08. The van der Waals surface area contributed by atoms with Crippen molar-refractivity contribution in [2.24, 2.45) is 0 Å². The van der Waals surface area contributed by atoms with E-state index < -0.39 is 0 Å². The zero-order valence-electron chi connectivity index (χ0n) is 8.32. The van der Waals surface area contributed by atoms with E-state index in [1.807, 2.05) is 30.3 Å². The van der Waals surface area contributed by atoms with Gasteiger partial charge in [0.05, 0.1) is 6.07 Å². The number of carbonyl (C=O) groups excluding carboxylic acids is 1. The molecule has 15 heavy (non-hydrogen) atoms. The molecule has 1 aliphatic carbocycles. The van der Waals surface area contributed by atoms with Crippen molar-refractivity contribution in [1.82, 2.24) is 5.32 Å². The fourth-order valence-corrected chi connectivity index (χ4v) is 1.77. The van der Waals surface area contributed by atoms with Gasteiger partial charge in [0.25, 0.3) is 0 Å². The lowest BCUT2D eigenvalue weighted by atomic mass is 10.0. The van der Waals surface area contributed by atoms with Crippen LogP contribution < -0.4 is 5.32 Å². The Kier molecular flexibility index (Phi) is 2.26. The summed E-state index contributed by atoms with van der Waals surface area (Å²) in [6.07, 6.45) is 1.85. The Bertz CT molecular complexity index is 483. The predicted molar refractivity (Wildman–Crippen MR) is 56.6 cm³/mol. The Morgan fingerprint density at radius 2 is 2.20 bits per heavy atom. The highest BCUT2D eigenvalue weighted by molar-refractivity contribution is 5.79. The molecule has 1 aromatic rings. The van der Waals surface area contributed by atoms with E-state index in [-0.39, 0.29) is 11.8 Å². The molecule has 0 bridgehead atoms. The molecule has 74 valence electrons. The molecule has 0 saturated carbocycles. The van der Waals surface area contributed by atoms with Gasteiger partial charge < -0.3 is 5.32 Å². The maximum absolute atomic E-state index is 11.0. The molecule has 0 heterocycles. The Balaban J connectivity index is 2.39. The van der Waals surface area contributed by atoms with Crippen molar-refractivity contribution in [3.05, 3.63) is 41.1 Å². The zero-order valence-corrected chi connectivity index (χ0v) is 8.32. The molecule has 1 amide bonds. The van der Waals surface area contributed by atoms with Crippen LogP contribution in [-0.2, 0) is 4.79 Å². The van der Waals surface area contributed by atoms with Gasteiger partial charge in [0, 0.05) is 12.6 Å². The van der Waals surface area contributed by atoms with Crippen molar-refractivity contribution in [3.63, 3.8) is 0 Å². The predicted octanol–water partition coefficient (Wildman–Crippen LogP) is 1.78. The molecule has 0 saturated heterocycles. The number of allylic oxidation sites excluding steroid dienone is 1. The van der Waals surface area contributed by atoms with E-state index in [0.717, 1.165) is 11.1 Å². The van der Waals surface area contributed by atoms with Crippen molar-refractivity contribution in [2.45, 2.75) is 12.8 Å². The van der Waals surface area contributed by atoms with Crippen LogP contribution in [0.1, 0.15) is 24.0 Å². The normalized spacial score (nSPS) is 17.6. The van der Waals surface area contributed by atoms with Crippen LogP contribution in [0.25, 0.3) is 6.08 Å². The van der Waals surface area contributed by atoms with E-state index in [1.165, 1.54) is 6.92 Å². The van der Waals surface area contributed by atoms with Gasteiger partial charge in [-0.3, -0.25) is 4.79 Å². The van der Waals surface area contributed by atoms with Gasteiger partial charge in [-0.05, 0) is 17.2 Å². The van der Waals surface area contributed by atoms with E-state index in [0.29, 0.717) is 5.70 Å². The van der Waals surface area contributed by atoms with Gasteiger partial charge >= 0.3 is 0 Å². The maximum Gasteiger partial charge on any atom is 0.221 e. The Morgan fingerprint density at radius 3 is 2.87 bits per heavy atom. The number of amides is 1. The summed E-state index contributed by atoms with van der Waals surface area (Å²) < 4.78 is 0. The lowest BCUT2D eigenvalue weighted by Gasteiger charge is -2.08. The number of rotatable bonds is 1. The largest absolute Gasteiger partial charge is 0.328 e. The molecular formula is C12H10N2O. The standard InChI is InChI=1S/C12H10N2O/c1-8(15)14-12-6-9-4-2-3-5-10(9)11(12)7-13/h2-6,11H,1H3,(H,14,15). The summed E-state index contributed by atoms with van der Waals surface area (Å²) in [5.74, 6) is -0.487. The van der Waals surface area contributed by atoms with Crippen LogP contribution in [0.15, 0.2) is 30.0 Å². The summed E-state index contributed by atoms with van der Waals surface area (Å²) in [5, 5.41) is 11.7. The van der Waals surface area contributed by atoms with Crippen molar-refractivity contribution in [1.29, 1.82) is 5.26 Å². The van der Waals surface area contributed by atoms with Crippen molar-refractivity contribution in [3.8, 4) is 6.07 Å². The van der Waals surface area contributed by atoms with E-state index in [1.54, 1.807) is 0 Å². The number of nitrogens with zero attached hydrogens (tertiary/aromatic N) is 1. The minimum absolute atomic E-state index is 0.144. The van der Waals surface area contributed by atoms with E-state index in [2.05, 4.69) is 11.4 Å². The second-order valence-corrected chi connectivity index (χ2v) is 3.47. The first-order valence-corrected chi connectivity index (χ1v) is 4.70. The second kappa shape index (κ2) is 3.58. The number of nitrogens with one attached hydrogen (secondary N) is 1. The Labute approximate surface area is 88.0 Å². The molecule has 0 aliphatic heterocycles. The first kappa shape index (κ1) is 9.47. The molecule has 1 aliphatic rings. The van der Waals surface area contributed by atoms with Crippen molar-refractivity contribution < 1.29 is 4.79 Å². The highest BCUT2D eigenvalue weighted by atomic mass is 16.1.